The molecule has 0 spiro atoms. The molecule has 0 saturated carbocycles. The van der Waals surface area contributed by atoms with Gasteiger partial charge >= 0.3 is 5.97 Å². The summed E-state index contributed by atoms with van der Waals surface area (Å²) in [7, 11) is 0. The van der Waals surface area contributed by atoms with Crippen LogP contribution >= 0.6 is 0 Å². The fourth-order valence-corrected chi connectivity index (χ4v) is 0.225. The molecule has 0 radical (unpaired) electrons. The van der Waals surface area contributed by atoms with Crippen molar-refractivity contribution >= 4 is 5.97 Å². The highest BCUT2D eigenvalue weighted by atomic mass is 16.5. The van der Waals surface area contributed by atoms with E-state index in [1.807, 2.05) is 20.8 Å². The monoisotopic (exact) mass is 144 g/mol. The van der Waals surface area contributed by atoms with Crippen LogP contribution in [0.15, 0.2) is 12.2 Å². The predicted octanol–water partition coefficient (Wildman–Crippen LogP) is 2.15. The van der Waals surface area contributed by atoms with Gasteiger partial charge in [0.05, 0.1) is 0 Å². The normalized spacial score (nSPS) is 7.20. The quantitative estimate of drug-likeness (QED) is 0.438. The molecule has 10 heavy (non-hydrogen) atoms. The van der Waals surface area contributed by atoms with Crippen molar-refractivity contribution in [1.82, 2.24) is 0 Å². The van der Waals surface area contributed by atoms with Gasteiger partial charge < -0.3 is 4.74 Å². The first-order chi connectivity index (χ1) is 4.63. The van der Waals surface area contributed by atoms with E-state index in [1.54, 1.807) is 0 Å². The molecule has 0 aromatic carbocycles. The summed E-state index contributed by atoms with van der Waals surface area (Å²) < 4.78 is 4.56. The Balaban J connectivity index is 0. The van der Waals surface area contributed by atoms with E-state index in [-0.39, 0.29) is 5.97 Å². The Kier molecular flexibility index (Phi) is 9.80. The van der Waals surface area contributed by atoms with Crippen LogP contribution in [0.1, 0.15) is 27.7 Å². The Bertz CT molecular complexity index is 91.8. The predicted molar refractivity (Wildman–Crippen MR) is 42.8 cm³/mol. The number of ether oxygens (including phenoxy) is 1. The van der Waals surface area contributed by atoms with Crippen LogP contribution in [0, 0.1) is 0 Å². The summed E-state index contributed by atoms with van der Waals surface area (Å²) in [6.07, 6.45) is 0. The molecule has 2 nitrogen and oxygen atoms in total. The average Bonchev–Trinajstić information content (AvgIpc) is 1.89. The molecule has 60 valence electrons. The minimum Gasteiger partial charge on any atom is -0.461 e. The van der Waals surface area contributed by atoms with E-state index < -0.39 is 0 Å². The summed E-state index contributed by atoms with van der Waals surface area (Å²) in [5, 5.41) is 0. The Morgan fingerprint density at radius 2 is 1.80 bits per heavy atom. The van der Waals surface area contributed by atoms with Gasteiger partial charge in [0, 0.05) is 6.92 Å². The van der Waals surface area contributed by atoms with Gasteiger partial charge in [-0.15, -0.1) is 0 Å². The summed E-state index contributed by atoms with van der Waals surface area (Å²) >= 11 is 0. The third-order valence-electron chi connectivity index (χ3n) is 0.522. The lowest BCUT2D eigenvalue weighted by Gasteiger charge is -1.97. The van der Waals surface area contributed by atoms with Crippen LogP contribution in [-0.2, 0) is 9.53 Å². The number of esters is 1. The maximum Gasteiger partial charge on any atom is 0.302 e. The van der Waals surface area contributed by atoms with Crippen LogP contribution < -0.4 is 0 Å². The number of carbonyl (C=O) groups excluding carboxylic acids is 1. The van der Waals surface area contributed by atoms with E-state index in [0.717, 1.165) is 5.57 Å². The number of carbonyl (C=O) groups is 1. The summed E-state index contributed by atoms with van der Waals surface area (Å²) in [5.74, 6) is -0.256. The largest absolute Gasteiger partial charge is 0.461 e. The summed E-state index contributed by atoms with van der Waals surface area (Å²) in [6, 6.07) is 0. The molecule has 0 saturated heterocycles. The lowest BCUT2D eigenvalue weighted by molar-refractivity contribution is -0.139. The average molecular weight is 144 g/mol. The molecule has 0 fully saturated rings. The highest BCUT2D eigenvalue weighted by molar-refractivity contribution is 5.66. The van der Waals surface area contributed by atoms with E-state index in [9.17, 15) is 4.79 Å². The molecule has 0 heterocycles. The van der Waals surface area contributed by atoms with Crippen LogP contribution in [0.4, 0.5) is 0 Å². The topological polar surface area (TPSA) is 26.3 Å². The van der Waals surface area contributed by atoms with Gasteiger partial charge in [0.25, 0.3) is 0 Å². The van der Waals surface area contributed by atoms with Gasteiger partial charge in [-0.2, -0.15) is 0 Å². The summed E-state index contributed by atoms with van der Waals surface area (Å²) in [5.41, 5.74) is 0.861. The van der Waals surface area contributed by atoms with E-state index in [2.05, 4.69) is 11.3 Å². The zero-order chi connectivity index (χ0) is 8.57. The third kappa shape index (κ3) is 15.7. The van der Waals surface area contributed by atoms with Crippen molar-refractivity contribution in [3.8, 4) is 0 Å². The molecule has 0 unspecified atom stereocenters. The molecular weight excluding hydrogens is 128 g/mol. The SMILES string of the molecule is C=C(C)COC(C)=O.CC. The molecule has 0 aliphatic heterocycles. The maximum absolute atomic E-state index is 10.1. The fraction of sp³-hybridized carbons (Fsp3) is 0.625. The Labute approximate surface area is 62.9 Å². The molecule has 0 bridgehead atoms. The zero-order valence-corrected chi connectivity index (χ0v) is 7.23. The minimum absolute atomic E-state index is 0.256. The molecule has 0 rings (SSSR count). The molecule has 0 amide bonds. The van der Waals surface area contributed by atoms with Gasteiger partial charge in [0.2, 0.25) is 0 Å². The molecule has 0 aliphatic carbocycles. The second-order valence-corrected chi connectivity index (χ2v) is 1.74. The first kappa shape index (κ1) is 11.9. The number of hydrogen-bond donors (Lipinski definition) is 0. The molecule has 2 heteroatoms. The first-order valence-electron chi connectivity index (χ1n) is 3.40. The van der Waals surface area contributed by atoms with E-state index >= 15 is 0 Å². The standard InChI is InChI=1S/C6H10O2.C2H6/c1-5(2)4-8-6(3)7;1-2/h1,4H2,2-3H3;1-2H3. The van der Waals surface area contributed by atoms with Crippen molar-refractivity contribution in [2.45, 2.75) is 27.7 Å². The maximum atomic E-state index is 10.1. The van der Waals surface area contributed by atoms with Gasteiger partial charge in [-0.05, 0) is 12.5 Å². The van der Waals surface area contributed by atoms with Gasteiger partial charge in [0.15, 0.2) is 0 Å². The summed E-state index contributed by atoms with van der Waals surface area (Å²) in [4.78, 5) is 10.1. The Morgan fingerprint density at radius 1 is 1.40 bits per heavy atom. The Morgan fingerprint density at radius 3 is 1.90 bits per heavy atom. The second kappa shape index (κ2) is 8.21. The van der Waals surface area contributed by atoms with Crippen LogP contribution in [0.3, 0.4) is 0 Å². The van der Waals surface area contributed by atoms with Crippen LogP contribution in [0.5, 0.6) is 0 Å². The number of hydrogen-bond acceptors (Lipinski definition) is 2. The van der Waals surface area contributed by atoms with Crippen molar-refractivity contribution < 1.29 is 9.53 Å². The molecule has 0 aliphatic rings. The van der Waals surface area contributed by atoms with Crippen molar-refractivity contribution in [2.75, 3.05) is 6.61 Å². The molecule has 0 atom stereocenters. The van der Waals surface area contributed by atoms with Crippen molar-refractivity contribution in [3.63, 3.8) is 0 Å². The third-order valence-corrected chi connectivity index (χ3v) is 0.522. The zero-order valence-electron chi connectivity index (χ0n) is 7.23. The first-order valence-corrected chi connectivity index (χ1v) is 3.40. The van der Waals surface area contributed by atoms with Crippen molar-refractivity contribution in [3.05, 3.63) is 12.2 Å². The van der Waals surface area contributed by atoms with Crippen LogP contribution in [0.2, 0.25) is 0 Å². The number of rotatable bonds is 2. The molecule has 0 aromatic rings. The van der Waals surface area contributed by atoms with Crippen LogP contribution in [-0.4, -0.2) is 12.6 Å². The minimum atomic E-state index is -0.256. The lowest BCUT2D eigenvalue weighted by atomic mass is 10.4. The molecular formula is C8H16O2. The van der Waals surface area contributed by atoms with E-state index in [4.69, 9.17) is 0 Å². The van der Waals surface area contributed by atoms with Gasteiger partial charge in [-0.1, -0.05) is 20.4 Å². The second-order valence-electron chi connectivity index (χ2n) is 1.74. The van der Waals surface area contributed by atoms with Crippen molar-refractivity contribution in [2.24, 2.45) is 0 Å². The van der Waals surface area contributed by atoms with Gasteiger partial charge in [-0.25, -0.2) is 0 Å². The lowest BCUT2D eigenvalue weighted by Crippen LogP contribution is -1.99. The molecule has 0 N–H and O–H groups in total. The van der Waals surface area contributed by atoms with Crippen LogP contribution in [0.25, 0.3) is 0 Å². The summed E-state index contributed by atoms with van der Waals surface area (Å²) in [6.45, 7) is 11.1. The van der Waals surface area contributed by atoms with E-state index in [0.29, 0.717) is 6.61 Å². The van der Waals surface area contributed by atoms with Gasteiger partial charge in [0.1, 0.15) is 6.61 Å². The van der Waals surface area contributed by atoms with E-state index in [1.165, 1.54) is 6.92 Å². The molecule has 0 aromatic heterocycles. The fourth-order valence-electron chi connectivity index (χ4n) is 0.225. The van der Waals surface area contributed by atoms with Gasteiger partial charge in [-0.3, -0.25) is 4.79 Å². The highest BCUT2D eigenvalue weighted by Crippen LogP contribution is 1.86. The smallest absolute Gasteiger partial charge is 0.302 e. The van der Waals surface area contributed by atoms with Crippen molar-refractivity contribution in [1.29, 1.82) is 0 Å². The Hall–Kier alpha value is -0.790. The highest BCUT2D eigenvalue weighted by Gasteiger charge is 1.89.